The van der Waals surface area contributed by atoms with Crippen molar-refractivity contribution < 1.29 is 22.4 Å². The van der Waals surface area contributed by atoms with E-state index < -0.39 is 12.2 Å². The van der Waals surface area contributed by atoms with Gasteiger partial charge in [0.15, 0.2) is 5.76 Å². The molecule has 29 heavy (non-hydrogen) atoms. The number of hydrogen-bond acceptors (Lipinski definition) is 7. The molecular formula is C18H22F3N5O3. The number of morpholine rings is 1. The van der Waals surface area contributed by atoms with Crippen LogP contribution in [0.5, 0.6) is 0 Å². The van der Waals surface area contributed by atoms with Gasteiger partial charge >= 0.3 is 6.18 Å². The Hall–Kier alpha value is -2.56. The van der Waals surface area contributed by atoms with Gasteiger partial charge in [-0.05, 0) is 20.3 Å². The molecule has 0 radical (unpaired) electrons. The van der Waals surface area contributed by atoms with Crippen LogP contribution in [0.3, 0.4) is 0 Å². The summed E-state index contributed by atoms with van der Waals surface area (Å²) >= 11 is 0. The Morgan fingerprint density at radius 3 is 2.59 bits per heavy atom. The molecule has 1 unspecified atom stereocenters. The molecule has 0 amide bonds. The molecule has 3 atom stereocenters. The maximum atomic E-state index is 13.8. The monoisotopic (exact) mass is 413 g/mol. The molecule has 2 aromatic rings. The average Bonchev–Trinajstić information content (AvgIpc) is 3.14. The van der Waals surface area contributed by atoms with Crippen LogP contribution in [0.1, 0.15) is 26.0 Å². The number of hydrogen-bond donors (Lipinski definition) is 0. The minimum Gasteiger partial charge on any atom is -0.377 e. The molecule has 2 aliphatic heterocycles. The number of alkyl halides is 3. The quantitative estimate of drug-likeness (QED) is 0.763. The number of fused-ring (bicyclic) bond motifs is 1. The van der Waals surface area contributed by atoms with Crippen LogP contribution >= 0.6 is 0 Å². The van der Waals surface area contributed by atoms with Gasteiger partial charge in [-0.25, -0.2) is 0 Å². The summed E-state index contributed by atoms with van der Waals surface area (Å²) in [5.41, 5.74) is -0.376. The van der Waals surface area contributed by atoms with E-state index in [4.69, 9.17) is 9.26 Å². The molecule has 0 spiro atoms. The fourth-order valence-corrected chi connectivity index (χ4v) is 4.06. The molecule has 158 valence electrons. The van der Waals surface area contributed by atoms with E-state index in [1.54, 1.807) is 0 Å². The molecule has 0 N–H and O–H groups in total. The number of nitrogens with zero attached hydrogens (tertiary/aromatic N) is 5. The summed E-state index contributed by atoms with van der Waals surface area (Å²) in [5, 5.41) is 3.57. The topological polar surface area (TPSA) is 76.6 Å². The Kier molecular flexibility index (Phi) is 5.01. The zero-order valence-corrected chi connectivity index (χ0v) is 16.1. The number of anilines is 2. The SMILES string of the molecule is C[C@@H]1COC[C@@H](C)N1c1cc(=O)n2c(n1)N(Cc1ccno1)C(C(F)(F)F)CC2. The summed E-state index contributed by atoms with van der Waals surface area (Å²) in [6.07, 6.45) is -3.34. The van der Waals surface area contributed by atoms with E-state index in [1.165, 1.54) is 22.9 Å². The first-order valence-corrected chi connectivity index (χ1v) is 9.46. The van der Waals surface area contributed by atoms with Gasteiger partial charge < -0.3 is 19.1 Å². The van der Waals surface area contributed by atoms with Gasteiger partial charge in [-0.2, -0.15) is 18.2 Å². The standard InChI is InChI=1S/C18H22F3N5O3/c1-11-9-28-10-12(2)26(11)15-7-16(27)24-6-4-14(18(19,20)21)25(17(24)23-15)8-13-3-5-22-29-13/h3,5,7,11-12,14H,4,6,8-10H2,1-2H3/t11-,12-,14?/m1/s1. The molecule has 1 fully saturated rings. The van der Waals surface area contributed by atoms with Crippen molar-refractivity contribution >= 4 is 11.8 Å². The van der Waals surface area contributed by atoms with Gasteiger partial charge in [0, 0.05) is 18.7 Å². The highest BCUT2D eigenvalue weighted by molar-refractivity contribution is 5.48. The predicted octanol–water partition coefficient (Wildman–Crippen LogP) is 2.19. The summed E-state index contributed by atoms with van der Waals surface area (Å²) < 4.78 is 53.1. The lowest BCUT2D eigenvalue weighted by Gasteiger charge is -2.42. The van der Waals surface area contributed by atoms with Crippen molar-refractivity contribution in [2.45, 2.75) is 57.7 Å². The van der Waals surface area contributed by atoms with E-state index >= 15 is 0 Å². The molecular weight excluding hydrogens is 391 g/mol. The van der Waals surface area contributed by atoms with Crippen molar-refractivity contribution in [3.63, 3.8) is 0 Å². The van der Waals surface area contributed by atoms with Gasteiger partial charge in [-0.15, -0.1) is 0 Å². The van der Waals surface area contributed by atoms with Crippen molar-refractivity contribution in [2.24, 2.45) is 0 Å². The van der Waals surface area contributed by atoms with Gasteiger partial charge in [0.25, 0.3) is 5.56 Å². The van der Waals surface area contributed by atoms with Crippen LogP contribution in [-0.2, 0) is 17.8 Å². The molecule has 1 saturated heterocycles. The average molecular weight is 413 g/mol. The van der Waals surface area contributed by atoms with Crippen molar-refractivity contribution in [1.29, 1.82) is 0 Å². The van der Waals surface area contributed by atoms with Gasteiger partial charge in [0.2, 0.25) is 5.95 Å². The molecule has 2 aromatic heterocycles. The molecule has 4 rings (SSSR count). The summed E-state index contributed by atoms with van der Waals surface area (Å²) in [5.74, 6) is 0.610. The molecule has 2 aliphatic rings. The van der Waals surface area contributed by atoms with E-state index in [-0.39, 0.29) is 48.9 Å². The molecule has 4 heterocycles. The van der Waals surface area contributed by atoms with Crippen LogP contribution in [0.2, 0.25) is 0 Å². The third-order valence-corrected chi connectivity index (χ3v) is 5.36. The van der Waals surface area contributed by atoms with Gasteiger partial charge in [0.1, 0.15) is 11.9 Å². The maximum Gasteiger partial charge on any atom is 0.408 e. The largest absolute Gasteiger partial charge is 0.408 e. The van der Waals surface area contributed by atoms with E-state index in [9.17, 15) is 18.0 Å². The Bertz CT molecular complexity index is 904. The van der Waals surface area contributed by atoms with E-state index in [1.807, 2.05) is 18.7 Å². The first-order valence-electron chi connectivity index (χ1n) is 9.46. The Morgan fingerprint density at radius 1 is 1.24 bits per heavy atom. The second-order valence-electron chi connectivity index (χ2n) is 7.50. The number of aromatic nitrogens is 3. The van der Waals surface area contributed by atoms with Crippen LogP contribution in [0.4, 0.5) is 24.9 Å². The van der Waals surface area contributed by atoms with Crippen molar-refractivity contribution in [2.75, 3.05) is 23.0 Å². The zero-order chi connectivity index (χ0) is 20.8. The highest BCUT2D eigenvalue weighted by atomic mass is 19.4. The van der Waals surface area contributed by atoms with Crippen LogP contribution in [0, 0.1) is 0 Å². The molecule has 0 aromatic carbocycles. The Balaban J connectivity index is 1.80. The first-order chi connectivity index (χ1) is 13.8. The van der Waals surface area contributed by atoms with Crippen molar-refractivity contribution in [3.05, 3.63) is 34.4 Å². The normalized spacial score (nSPS) is 25.2. The van der Waals surface area contributed by atoms with Crippen molar-refractivity contribution in [3.8, 4) is 0 Å². The van der Waals surface area contributed by atoms with Crippen LogP contribution < -0.4 is 15.4 Å². The van der Waals surface area contributed by atoms with E-state index in [0.717, 1.165) is 4.90 Å². The zero-order valence-electron chi connectivity index (χ0n) is 16.1. The molecule has 8 nitrogen and oxygen atoms in total. The molecule has 11 heteroatoms. The van der Waals surface area contributed by atoms with Crippen LogP contribution in [0.15, 0.2) is 27.6 Å². The van der Waals surface area contributed by atoms with Gasteiger partial charge in [0.05, 0.1) is 38.0 Å². The van der Waals surface area contributed by atoms with Crippen LogP contribution in [0.25, 0.3) is 0 Å². The lowest BCUT2D eigenvalue weighted by molar-refractivity contribution is -0.153. The highest BCUT2D eigenvalue weighted by Crippen LogP contribution is 2.35. The maximum absolute atomic E-state index is 13.8. The second-order valence-corrected chi connectivity index (χ2v) is 7.50. The predicted molar refractivity (Wildman–Crippen MR) is 97.9 cm³/mol. The minimum absolute atomic E-state index is 0.0108. The smallest absolute Gasteiger partial charge is 0.377 e. The van der Waals surface area contributed by atoms with Gasteiger partial charge in [-0.1, -0.05) is 5.16 Å². The second kappa shape index (κ2) is 7.36. The fourth-order valence-electron chi connectivity index (χ4n) is 4.06. The lowest BCUT2D eigenvalue weighted by atomic mass is 10.1. The number of ether oxygens (including phenoxy) is 1. The van der Waals surface area contributed by atoms with E-state index in [0.29, 0.717) is 19.0 Å². The van der Waals surface area contributed by atoms with Gasteiger partial charge in [-0.3, -0.25) is 9.36 Å². The molecule has 0 aliphatic carbocycles. The fraction of sp³-hybridized carbons (Fsp3) is 0.611. The minimum atomic E-state index is -4.47. The summed E-state index contributed by atoms with van der Waals surface area (Å²) in [4.78, 5) is 20.3. The Labute approximate surface area is 164 Å². The summed E-state index contributed by atoms with van der Waals surface area (Å²) in [6.45, 7) is 4.54. The van der Waals surface area contributed by atoms with Crippen molar-refractivity contribution in [1.82, 2.24) is 14.7 Å². The third-order valence-electron chi connectivity index (χ3n) is 5.36. The Morgan fingerprint density at radius 2 is 1.97 bits per heavy atom. The van der Waals surface area contributed by atoms with E-state index in [2.05, 4.69) is 10.1 Å². The van der Waals surface area contributed by atoms with Crippen LogP contribution in [-0.4, -0.2) is 52.2 Å². The highest BCUT2D eigenvalue weighted by Gasteiger charge is 2.47. The molecule has 0 bridgehead atoms. The number of halogens is 3. The lowest BCUT2D eigenvalue weighted by Crippen LogP contribution is -2.53. The third kappa shape index (κ3) is 3.70. The summed E-state index contributed by atoms with van der Waals surface area (Å²) in [7, 11) is 0. The molecule has 0 saturated carbocycles. The summed E-state index contributed by atoms with van der Waals surface area (Å²) in [6, 6.07) is 1.01. The number of rotatable bonds is 3. The first kappa shape index (κ1) is 19.7.